The predicted octanol–water partition coefficient (Wildman–Crippen LogP) is 13.7. The summed E-state index contributed by atoms with van der Waals surface area (Å²) in [6.07, 6.45) is 47.3. The van der Waals surface area contributed by atoms with Crippen LogP contribution < -0.4 is 5.32 Å². The van der Waals surface area contributed by atoms with Crippen LogP contribution in [0.1, 0.15) is 348 Å². The van der Waals surface area contributed by atoms with E-state index in [1.54, 1.807) is 0 Å². The Morgan fingerprint density at radius 3 is 1.03 bits per heavy atom. The average Bonchev–Trinajstić information content (AvgIpc) is 0.784. The number of allylic oxidation sites excluding steroid dienone is 4. The second-order valence-electron chi connectivity index (χ2n) is 29.6. The topological polar surface area (TPSA) is 307 Å². The summed E-state index contributed by atoms with van der Waals surface area (Å²) >= 11 is 0. The van der Waals surface area contributed by atoms with Crippen LogP contribution in [0.5, 0.6) is 0 Å². The van der Waals surface area contributed by atoms with E-state index in [0.717, 1.165) is 51.4 Å². The highest BCUT2D eigenvalue weighted by Crippen LogP contribution is 2.33. The summed E-state index contributed by atoms with van der Waals surface area (Å²) < 4.78 is 34.5. The van der Waals surface area contributed by atoms with Crippen molar-refractivity contribution in [1.82, 2.24) is 5.32 Å². The van der Waals surface area contributed by atoms with Crippen LogP contribution >= 0.6 is 0 Å². The minimum Gasteiger partial charge on any atom is -0.394 e. The normalized spacial score (nSPS) is 26.7. The third kappa shape index (κ3) is 41.7. The number of hydrogen-bond donors (Lipinski definition) is 12. The number of rotatable bonds is 66. The van der Waals surface area contributed by atoms with Crippen molar-refractivity contribution < 1.29 is 89.4 Å². The van der Waals surface area contributed by atoms with Gasteiger partial charge in [-0.1, -0.05) is 321 Å². The maximum atomic E-state index is 13.5. The number of carbonyl (C=O) groups is 1. The zero-order valence-corrected chi connectivity index (χ0v) is 62.5. The largest absolute Gasteiger partial charge is 0.394 e. The van der Waals surface area contributed by atoms with Gasteiger partial charge in [0, 0.05) is 6.42 Å². The first kappa shape index (κ1) is 91.5. The van der Waals surface area contributed by atoms with Gasteiger partial charge in [-0.3, -0.25) is 4.79 Å². The lowest BCUT2D eigenvalue weighted by molar-refractivity contribution is -0.379. The maximum Gasteiger partial charge on any atom is 0.220 e. The molecular weight excluding hydrogens is 1260 g/mol. The van der Waals surface area contributed by atoms with E-state index in [9.17, 15) is 61.0 Å². The first-order valence-corrected chi connectivity index (χ1v) is 41.1. The van der Waals surface area contributed by atoms with Gasteiger partial charge in [-0.25, -0.2) is 0 Å². The summed E-state index contributed by atoms with van der Waals surface area (Å²) in [7, 11) is 0. The minimum absolute atomic E-state index is 0.235. The van der Waals surface area contributed by atoms with Crippen molar-refractivity contribution in [2.75, 3.05) is 26.4 Å². The molecule has 3 aliphatic heterocycles. The lowest BCUT2D eigenvalue weighted by Crippen LogP contribution is -2.66. The van der Waals surface area contributed by atoms with Crippen molar-refractivity contribution in [3.63, 3.8) is 0 Å². The highest BCUT2D eigenvalue weighted by atomic mass is 16.8. The van der Waals surface area contributed by atoms with Crippen LogP contribution in [0.2, 0.25) is 0 Å². The number of amides is 1. The monoisotopic (exact) mass is 1410 g/mol. The molecule has 0 aromatic carbocycles. The van der Waals surface area contributed by atoms with Crippen LogP contribution in [0.3, 0.4) is 0 Å². The molecule has 584 valence electrons. The van der Waals surface area contributed by atoms with Gasteiger partial charge in [0.2, 0.25) is 5.91 Å². The number of aliphatic hydroxyl groups excluding tert-OH is 11. The van der Waals surface area contributed by atoms with E-state index in [4.69, 9.17) is 28.4 Å². The van der Waals surface area contributed by atoms with Crippen molar-refractivity contribution >= 4 is 5.91 Å². The van der Waals surface area contributed by atoms with E-state index >= 15 is 0 Å². The number of carbonyl (C=O) groups excluding carboxylic acids is 1. The fourth-order valence-corrected chi connectivity index (χ4v) is 14.2. The second-order valence-corrected chi connectivity index (χ2v) is 29.6. The molecule has 3 fully saturated rings. The Labute approximate surface area is 600 Å². The van der Waals surface area contributed by atoms with E-state index in [0.29, 0.717) is 12.8 Å². The van der Waals surface area contributed by atoms with Crippen LogP contribution in [-0.4, -0.2) is 193 Å². The van der Waals surface area contributed by atoms with Gasteiger partial charge in [0.1, 0.15) is 73.2 Å². The molecule has 3 heterocycles. The molecule has 0 saturated carbocycles. The molecule has 0 aromatic rings. The fraction of sp³-hybridized carbons (Fsp3) is 0.938. The molecule has 19 nitrogen and oxygen atoms in total. The molecule has 17 atom stereocenters. The van der Waals surface area contributed by atoms with Crippen molar-refractivity contribution in [1.29, 1.82) is 0 Å². The van der Waals surface area contributed by atoms with Gasteiger partial charge in [0.15, 0.2) is 18.9 Å². The molecular formula is C80H151NO18. The molecule has 12 N–H and O–H groups in total. The summed E-state index contributed by atoms with van der Waals surface area (Å²) in [4.78, 5) is 13.5. The van der Waals surface area contributed by atoms with E-state index in [-0.39, 0.29) is 18.9 Å². The number of unbranched alkanes of at least 4 members (excludes halogenated alkanes) is 46. The first-order chi connectivity index (χ1) is 48.3. The van der Waals surface area contributed by atoms with E-state index in [2.05, 4.69) is 43.5 Å². The zero-order valence-electron chi connectivity index (χ0n) is 62.5. The summed E-state index contributed by atoms with van der Waals surface area (Å²) in [5, 5.41) is 121. The smallest absolute Gasteiger partial charge is 0.220 e. The molecule has 0 aromatic heterocycles. The molecule has 3 rings (SSSR count). The number of nitrogens with one attached hydrogen (secondary N) is 1. The minimum atomic E-state index is -1.97. The Morgan fingerprint density at radius 1 is 0.364 bits per heavy atom. The van der Waals surface area contributed by atoms with Gasteiger partial charge in [0.25, 0.3) is 0 Å². The predicted molar refractivity (Wildman–Crippen MR) is 393 cm³/mol. The summed E-state index contributed by atoms with van der Waals surface area (Å²) in [6.45, 7) is 1.83. The Kier molecular flexibility index (Phi) is 56.8. The van der Waals surface area contributed by atoms with Crippen molar-refractivity contribution in [3.05, 3.63) is 24.3 Å². The van der Waals surface area contributed by atoms with Crippen LogP contribution in [0.15, 0.2) is 24.3 Å². The Hall–Kier alpha value is -1.73. The summed E-state index contributed by atoms with van der Waals surface area (Å²) in [6, 6.07) is -0.884. The molecule has 1 amide bonds. The molecule has 0 radical (unpaired) electrons. The fourth-order valence-electron chi connectivity index (χ4n) is 14.2. The lowest BCUT2D eigenvalue weighted by Gasteiger charge is -2.48. The van der Waals surface area contributed by atoms with Gasteiger partial charge < -0.3 is 89.9 Å². The van der Waals surface area contributed by atoms with Crippen LogP contribution in [0, 0.1) is 0 Å². The van der Waals surface area contributed by atoms with Gasteiger partial charge in [-0.05, 0) is 44.9 Å². The molecule has 0 aliphatic carbocycles. The van der Waals surface area contributed by atoms with E-state index in [1.165, 1.54) is 263 Å². The van der Waals surface area contributed by atoms with Crippen LogP contribution in [0.4, 0.5) is 0 Å². The second kappa shape index (κ2) is 61.4. The lowest BCUT2D eigenvalue weighted by atomic mass is 9.96. The van der Waals surface area contributed by atoms with Gasteiger partial charge in [-0.2, -0.15) is 0 Å². The van der Waals surface area contributed by atoms with E-state index < -0.39 is 124 Å². The number of aliphatic hydroxyl groups is 11. The van der Waals surface area contributed by atoms with Crippen molar-refractivity contribution in [3.8, 4) is 0 Å². The third-order valence-electron chi connectivity index (χ3n) is 20.8. The van der Waals surface area contributed by atoms with Gasteiger partial charge >= 0.3 is 0 Å². The summed E-state index contributed by atoms with van der Waals surface area (Å²) in [5.41, 5.74) is 0. The maximum absolute atomic E-state index is 13.5. The Morgan fingerprint density at radius 2 is 0.667 bits per heavy atom. The summed E-state index contributed by atoms with van der Waals surface area (Å²) in [5.74, 6) is -0.235. The number of hydrogen-bond acceptors (Lipinski definition) is 18. The first-order valence-electron chi connectivity index (χ1n) is 41.1. The Balaban J connectivity index is 1.28. The number of ether oxygens (including phenoxy) is 6. The highest BCUT2D eigenvalue weighted by molar-refractivity contribution is 5.76. The highest BCUT2D eigenvalue weighted by Gasteiger charge is 2.54. The average molecular weight is 1420 g/mol. The quantitative estimate of drug-likeness (QED) is 0.0199. The van der Waals surface area contributed by atoms with E-state index in [1.807, 2.05) is 0 Å². The van der Waals surface area contributed by atoms with Gasteiger partial charge in [-0.15, -0.1) is 0 Å². The standard InChI is InChI=1S/C80H151NO18/c1-3-5-7-9-11-13-15-17-19-20-21-22-23-24-25-26-27-28-29-30-31-32-33-34-35-36-37-38-39-40-41-42-44-46-48-50-52-54-56-58-68(86)81-63(64(85)57-55-53-51-49-47-45-43-18-16-14-12-10-8-6-4-2)62-94-78-74(92)71(89)76(66(60-83)96-78)99-80-75(93)72(90)77(67(61-84)97-80)98-79-73(91)70(88)69(87)65(59-82)95-79/h15,17,20-21,63-67,69-80,82-85,87-93H,3-14,16,18-19,22-62H2,1-2H3,(H,81,86)/b17-15-,21-20-. The Bertz CT molecular complexity index is 1880. The van der Waals surface area contributed by atoms with Crippen molar-refractivity contribution in [2.24, 2.45) is 0 Å². The molecule has 3 aliphatic rings. The van der Waals surface area contributed by atoms with Gasteiger partial charge in [0.05, 0.1) is 38.6 Å². The van der Waals surface area contributed by atoms with Crippen LogP contribution in [0.25, 0.3) is 0 Å². The molecule has 0 bridgehead atoms. The molecule has 17 unspecified atom stereocenters. The molecule has 99 heavy (non-hydrogen) atoms. The van der Waals surface area contributed by atoms with Crippen molar-refractivity contribution in [2.45, 2.75) is 452 Å². The third-order valence-corrected chi connectivity index (χ3v) is 20.8. The molecule has 19 heteroatoms. The SMILES string of the molecule is CCCCCCC/C=C\C/C=C\CCCCCCCCCCCCCCCCCCCCCCCCCCCCCC(=O)NC(COC1OC(CO)C(OC2OC(CO)C(OC3OC(CO)C(O)C(O)C3O)C(O)C2O)C(O)C1O)C(O)CCCCCCCCCCCCCCCCC. The molecule has 0 spiro atoms. The van der Waals surface area contributed by atoms with Crippen LogP contribution in [-0.2, 0) is 33.2 Å². The zero-order chi connectivity index (χ0) is 71.8. The molecule has 3 saturated heterocycles.